The third kappa shape index (κ3) is 8.25. The van der Waals surface area contributed by atoms with Gasteiger partial charge in [0.2, 0.25) is 0 Å². The first-order chi connectivity index (χ1) is 12.5. The second kappa shape index (κ2) is 12.8. The number of aliphatic hydroxyl groups excluding tert-OH is 3. The van der Waals surface area contributed by atoms with Crippen LogP contribution < -0.4 is 0 Å². The van der Waals surface area contributed by atoms with E-state index in [-0.39, 0.29) is 37.1 Å². The molecule has 0 aromatic heterocycles. The summed E-state index contributed by atoms with van der Waals surface area (Å²) >= 11 is 0. The second-order valence-electron chi connectivity index (χ2n) is 6.91. The third-order valence-corrected chi connectivity index (χ3v) is 4.82. The Morgan fingerprint density at radius 1 is 1.12 bits per heavy atom. The van der Waals surface area contributed by atoms with Crippen molar-refractivity contribution in [3.05, 3.63) is 24.3 Å². The Morgan fingerprint density at radius 2 is 1.85 bits per heavy atom. The minimum absolute atomic E-state index is 0.0605. The van der Waals surface area contributed by atoms with Crippen molar-refractivity contribution in [2.75, 3.05) is 6.61 Å². The number of unbranched alkanes of at least 4 members (excludes halogenated alkanes) is 4. The highest BCUT2D eigenvalue weighted by atomic mass is 16.4. The van der Waals surface area contributed by atoms with Gasteiger partial charge in [0, 0.05) is 24.9 Å². The fourth-order valence-corrected chi connectivity index (χ4v) is 3.25. The maximum absolute atomic E-state index is 12.1. The molecule has 4 atom stereocenters. The minimum atomic E-state index is -1.36. The zero-order chi connectivity index (χ0) is 19.4. The van der Waals surface area contributed by atoms with Crippen molar-refractivity contribution in [1.29, 1.82) is 0 Å². The van der Waals surface area contributed by atoms with E-state index in [1.165, 1.54) is 0 Å². The van der Waals surface area contributed by atoms with Gasteiger partial charge in [0.15, 0.2) is 6.10 Å². The molecule has 1 unspecified atom stereocenters. The number of carboxylic acids is 1. The zero-order valence-corrected chi connectivity index (χ0v) is 15.3. The highest BCUT2D eigenvalue weighted by molar-refractivity contribution is 5.84. The minimum Gasteiger partial charge on any atom is -0.479 e. The predicted octanol–water partition coefficient (Wildman–Crippen LogP) is 2.22. The van der Waals surface area contributed by atoms with Gasteiger partial charge in [0.05, 0.1) is 6.10 Å². The van der Waals surface area contributed by atoms with Crippen LogP contribution in [0.4, 0.5) is 0 Å². The molecule has 1 saturated carbocycles. The summed E-state index contributed by atoms with van der Waals surface area (Å²) in [6, 6.07) is 0. The van der Waals surface area contributed by atoms with Gasteiger partial charge in [-0.1, -0.05) is 37.1 Å². The van der Waals surface area contributed by atoms with E-state index in [9.17, 15) is 19.8 Å². The number of carboxylic acid groups (broad SMARTS) is 1. The standard InChI is InChI=1S/C20H32O6/c21-13-9-4-2-1-3-6-10-15-16(19(24)14-18(15)23)11-7-5-8-12-17(22)20(25)26/h5-7,10,15-18,21-23H,1-4,8-9,11-14H2,(H,25,26)/b7-5-,10-6+/t15-,16-,17?,18-/m1/s1. The van der Waals surface area contributed by atoms with E-state index >= 15 is 0 Å². The van der Waals surface area contributed by atoms with Gasteiger partial charge in [0.1, 0.15) is 5.78 Å². The fourth-order valence-electron chi connectivity index (χ4n) is 3.25. The van der Waals surface area contributed by atoms with Crippen LogP contribution in [0.1, 0.15) is 57.8 Å². The Hall–Kier alpha value is -1.50. The monoisotopic (exact) mass is 368 g/mol. The molecule has 0 aromatic rings. The molecule has 26 heavy (non-hydrogen) atoms. The Bertz CT molecular complexity index is 485. The number of carbonyl (C=O) groups excluding carboxylic acids is 1. The number of carbonyl (C=O) groups is 2. The predicted molar refractivity (Wildman–Crippen MR) is 98.6 cm³/mol. The van der Waals surface area contributed by atoms with Crippen molar-refractivity contribution in [2.45, 2.75) is 70.0 Å². The first kappa shape index (κ1) is 22.5. The molecule has 0 amide bonds. The molecule has 6 nitrogen and oxygen atoms in total. The van der Waals surface area contributed by atoms with E-state index in [1.54, 1.807) is 6.08 Å². The van der Waals surface area contributed by atoms with Crippen LogP contribution in [0.15, 0.2) is 24.3 Å². The number of allylic oxidation sites excluding steroid dienone is 3. The van der Waals surface area contributed by atoms with Crippen molar-refractivity contribution in [1.82, 2.24) is 0 Å². The lowest BCUT2D eigenvalue weighted by molar-refractivity contribution is -0.146. The molecule has 0 spiro atoms. The van der Waals surface area contributed by atoms with Gasteiger partial charge < -0.3 is 20.4 Å². The largest absolute Gasteiger partial charge is 0.479 e. The SMILES string of the molecule is O=C(O)C(O)CC/C=C\C[C@H]1C(=O)C[C@@H](O)[C@@H]1/C=C/CCCCCCO. The number of hydrogen-bond acceptors (Lipinski definition) is 5. The quantitative estimate of drug-likeness (QED) is 0.293. The van der Waals surface area contributed by atoms with Crippen LogP contribution in [0.25, 0.3) is 0 Å². The summed E-state index contributed by atoms with van der Waals surface area (Å²) in [6.07, 6.45) is 11.7. The van der Waals surface area contributed by atoms with Crippen LogP contribution in [0.2, 0.25) is 0 Å². The highest BCUT2D eigenvalue weighted by Gasteiger charge is 2.38. The molecule has 1 fully saturated rings. The van der Waals surface area contributed by atoms with Gasteiger partial charge in [0.25, 0.3) is 0 Å². The number of aliphatic carboxylic acids is 1. The summed E-state index contributed by atoms with van der Waals surface area (Å²) in [5, 5.41) is 36.7. The molecule has 4 N–H and O–H groups in total. The van der Waals surface area contributed by atoms with Gasteiger partial charge in [-0.25, -0.2) is 4.79 Å². The molecule has 148 valence electrons. The van der Waals surface area contributed by atoms with Crippen molar-refractivity contribution in [3.63, 3.8) is 0 Å². The molecule has 0 radical (unpaired) electrons. The number of ketones is 1. The van der Waals surface area contributed by atoms with Crippen LogP contribution in [0.3, 0.4) is 0 Å². The molecule has 6 heteroatoms. The van der Waals surface area contributed by atoms with Crippen LogP contribution in [-0.2, 0) is 9.59 Å². The van der Waals surface area contributed by atoms with Crippen LogP contribution in [0, 0.1) is 11.8 Å². The lowest BCUT2D eigenvalue weighted by Gasteiger charge is -2.15. The fraction of sp³-hybridized carbons (Fsp3) is 0.700. The van der Waals surface area contributed by atoms with Crippen LogP contribution in [0.5, 0.6) is 0 Å². The molecule has 1 aliphatic carbocycles. The Balaban J connectivity index is 2.39. The van der Waals surface area contributed by atoms with Crippen molar-refractivity contribution >= 4 is 11.8 Å². The summed E-state index contributed by atoms with van der Waals surface area (Å²) in [5.74, 6) is -1.58. The van der Waals surface area contributed by atoms with Gasteiger partial charge >= 0.3 is 5.97 Å². The zero-order valence-electron chi connectivity index (χ0n) is 15.3. The molecule has 0 heterocycles. The molecule has 0 aromatic carbocycles. The lowest BCUT2D eigenvalue weighted by Crippen LogP contribution is -2.18. The number of aliphatic hydroxyl groups is 3. The average molecular weight is 368 g/mol. The lowest BCUT2D eigenvalue weighted by atomic mass is 9.90. The molecular formula is C20H32O6. The molecular weight excluding hydrogens is 336 g/mol. The summed E-state index contributed by atoms with van der Waals surface area (Å²) in [7, 11) is 0. The normalized spacial score (nSPS) is 24.7. The van der Waals surface area contributed by atoms with E-state index < -0.39 is 18.2 Å². The van der Waals surface area contributed by atoms with E-state index in [2.05, 4.69) is 0 Å². The highest BCUT2D eigenvalue weighted by Crippen LogP contribution is 2.33. The number of hydrogen-bond donors (Lipinski definition) is 4. The Morgan fingerprint density at radius 3 is 2.54 bits per heavy atom. The van der Waals surface area contributed by atoms with Crippen molar-refractivity contribution in [3.8, 4) is 0 Å². The third-order valence-electron chi connectivity index (χ3n) is 4.82. The van der Waals surface area contributed by atoms with Crippen molar-refractivity contribution < 1.29 is 30.0 Å². The summed E-state index contributed by atoms with van der Waals surface area (Å²) in [4.78, 5) is 22.6. The molecule has 1 aliphatic rings. The van der Waals surface area contributed by atoms with Crippen LogP contribution >= 0.6 is 0 Å². The summed E-state index contributed by atoms with van der Waals surface area (Å²) < 4.78 is 0. The first-order valence-corrected chi connectivity index (χ1v) is 9.51. The second-order valence-corrected chi connectivity index (χ2v) is 6.91. The maximum atomic E-state index is 12.1. The van der Waals surface area contributed by atoms with E-state index in [0.29, 0.717) is 12.8 Å². The Kier molecular flexibility index (Phi) is 11.1. The van der Waals surface area contributed by atoms with E-state index in [4.69, 9.17) is 10.2 Å². The van der Waals surface area contributed by atoms with Gasteiger partial charge in [-0.15, -0.1) is 0 Å². The molecule has 0 bridgehead atoms. The van der Waals surface area contributed by atoms with Crippen molar-refractivity contribution in [2.24, 2.45) is 11.8 Å². The smallest absolute Gasteiger partial charge is 0.332 e. The van der Waals surface area contributed by atoms with Gasteiger partial charge in [-0.3, -0.25) is 4.79 Å². The van der Waals surface area contributed by atoms with Gasteiger partial charge in [-0.05, 0) is 38.5 Å². The Labute approximate surface area is 155 Å². The first-order valence-electron chi connectivity index (χ1n) is 9.51. The molecule has 0 aliphatic heterocycles. The summed E-state index contributed by atoms with van der Waals surface area (Å²) in [5.41, 5.74) is 0. The number of Topliss-reactive ketones (excluding diaryl/α,β-unsaturated/α-hetero) is 1. The molecule has 0 saturated heterocycles. The topological polar surface area (TPSA) is 115 Å². The molecule has 1 rings (SSSR count). The van der Waals surface area contributed by atoms with Crippen LogP contribution in [-0.4, -0.2) is 51.0 Å². The average Bonchev–Trinajstić information content (AvgIpc) is 2.86. The van der Waals surface area contributed by atoms with E-state index in [1.807, 2.05) is 18.2 Å². The van der Waals surface area contributed by atoms with E-state index in [0.717, 1.165) is 32.1 Å². The van der Waals surface area contributed by atoms with Gasteiger partial charge in [-0.2, -0.15) is 0 Å². The number of rotatable bonds is 13. The maximum Gasteiger partial charge on any atom is 0.332 e. The summed E-state index contributed by atoms with van der Waals surface area (Å²) in [6.45, 7) is 0.233.